The third-order valence-corrected chi connectivity index (χ3v) is 3.55. The van der Waals surface area contributed by atoms with E-state index in [1.807, 2.05) is 54.6 Å². The second kappa shape index (κ2) is 7.92. The van der Waals surface area contributed by atoms with Gasteiger partial charge in [0.05, 0.1) is 0 Å². The lowest BCUT2D eigenvalue weighted by Gasteiger charge is -2.09. The van der Waals surface area contributed by atoms with Gasteiger partial charge < -0.3 is 10.1 Å². The molecule has 2 aromatic heterocycles. The van der Waals surface area contributed by atoms with E-state index in [2.05, 4.69) is 30.6 Å². The molecule has 0 aliphatic rings. The van der Waals surface area contributed by atoms with Crippen molar-refractivity contribution in [1.82, 2.24) is 19.9 Å². The Hall–Kier alpha value is -4.00. The number of hydrogen-bond donors (Lipinski definition) is 2. The molecule has 0 aliphatic carbocycles. The van der Waals surface area contributed by atoms with E-state index in [0.29, 0.717) is 17.7 Å². The number of rotatable bonds is 6. The number of para-hydroxylation sites is 1. The van der Waals surface area contributed by atoms with E-state index in [-0.39, 0.29) is 0 Å². The van der Waals surface area contributed by atoms with Gasteiger partial charge in [-0.1, -0.05) is 18.2 Å². The predicted molar refractivity (Wildman–Crippen MR) is 104 cm³/mol. The quantitative estimate of drug-likeness (QED) is 0.524. The van der Waals surface area contributed by atoms with Gasteiger partial charge in [-0.3, -0.25) is 5.32 Å². The lowest BCUT2D eigenvalue weighted by Crippen LogP contribution is -2.02. The molecule has 0 bridgehead atoms. The first kappa shape index (κ1) is 16.5. The summed E-state index contributed by atoms with van der Waals surface area (Å²) in [5.41, 5.74) is 0.885. The topological polar surface area (TPSA) is 84.9 Å². The SMILES string of the molecule is c1ccc(Oc2ccc(Nc3ccnc(Nc4ncccn4)n3)cc2)cc1. The Kier molecular flexibility index (Phi) is 4.83. The molecule has 0 unspecified atom stereocenters. The average molecular weight is 356 g/mol. The molecule has 2 N–H and O–H groups in total. The minimum atomic E-state index is 0.412. The summed E-state index contributed by atoms with van der Waals surface area (Å²) in [5.74, 6) is 3.07. The monoisotopic (exact) mass is 356 g/mol. The molecule has 4 rings (SSSR count). The van der Waals surface area contributed by atoms with Crippen LogP contribution in [0.3, 0.4) is 0 Å². The number of ether oxygens (including phenoxy) is 1. The highest BCUT2D eigenvalue weighted by Gasteiger charge is 2.03. The molecule has 27 heavy (non-hydrogen) atoms. The average Bonchev–Trinajstić information content (AvgIpc) is 2.71. The highest BCUT2D eigenvalue weighted by atomic mass is 16.5. The van der Waals surface area contributed by atoms with Gasteiger partial charge in [0.15, 0.2) is 0 Å². The highest BCUT2D eigenvalue weighted by Crippen LogP contribution is 2.24. The molecule has 0 fully saturated rings. The zero-order valence-corrected chi connectivity index (χ0v) is 14.3. The van der Waals surface area contributed by atoms with Crippen molar-refractivity contribution in [2.45, 2.75) is 0 Å². The van der Waals surface area contributed by atoms with Gasteiger partial charge in [-0.2, -0.15) is 4.98 Å². The lowest BCUT2D eigenvalue weighted by atomic mass is 10.3. The molecule has 4 aromatic rings. The molecule has 0 amide bonds. The molecule has 2 heterocycles. The van der Waals surface area contributed by atoms with Gasteiger partial charge >= 0.3 is 0 Å². The maximum absolute atomic E-state index is 5.79. The third-order valence-electron chi connectivity index (χ3n) is 3.55. The Bertz CT molecular complexity index is 994. The number of benzene rings is 2. The molecule has 0 atom stereocenters. The summed E-state index contributed by atoms with van der Waals surface area (Å²) in [7, 11) is 0. The first-order chi connectivity index (χ1) is 13.3. The number of aromatic nitrogens is 4. The van der Waals surface area contributed by atoms with Crippen LogP contribution < -0.4 is 15.4 Å². The maximum Gasteiger partial charge on any atom is 0.231 e. The van der Waals surface area contributed by atoms with Gasteiger partial charge in [0.1, 0.15) is 17.3 Å². The lowest BCUT2D eigenvalue weighted by molar-refractivity contribution is 0.483. The van der Waals surface area contributed by atoms with Crippen LogP contribution in [0, 0.1) is 0 Å². The smallest absolute Gasteiger partial charge is 0.231 e. The fourth-order valence-corrected chi connectivity index (χ4v) is 2.33. The van der Waals surface area contributed by atoms with E-state index < -0.39 is 0 Å². The van der Waals surface area contributed by atoms with Crippen LogP contribution in [0.25, 0.3) is 0 Å². The first-order valence-corrected chi connectivity index (χ1v) is 8.32. The van der Waals surface area contributed by atoms with Crippen molar-refractivity contribution in [3.8, 4) is 11.5 Å². The van der Waals surface area contributed by atoms with Gasteiger partial charge in [0.25, 0.3) is 0 Å². The van der Waals surface area contributed by atoms with E-state index in [0.717, 1.165) is 17.2 Å². The zero-order valence-electron chi connectivity index (χ0n) is 14.3. The molecule has 0 aliphatic heterocycles. The normalized spacial score (nSPS) is 10.2. The van der Waals surface area contributed by atoms with E-state index in [4.69, 9.17) is 4.74 Å². The number of nitrogens with zero attached hydrogens (tertiary/aromatic N) is 4. The van der Waals surface area contributed by atoms with Gasteiger partial charge in [-0.15, -0.1) is 0 Å². The van der Waals surface area contributed by atoms with Crippen molar-refractivity contribution in [2.24, 2.45) is 0 Å². The second-order valence-electron chi connectivity index (χ2n) is 5.53. The molecular formula is C20H16N6O. The molecule has 0 saturated heterocycles. The van der Waals surface area contributed by atoms with E-state index >= 15 is 0 Å². The first-order valence-electron chi connectivity index (χ1n) is 8.32. The summed E-state index contributed by atoms with van der Waals surface area (Å²) >= 11 is 0. The van der Waals surface area contributed by atoms with Crippen LogP contribution in [0.15, 0.2) is 85.3 Å². The Morgan fingerprint density at radius 3 is 2.07 bits per heavy atom. The van der Waals surface area contributed by atoms with Crippen LogP contribution >= 0.6 is 0 Å². The number of nitrogens with one attached hydrogen (secondary N) is 2. The van der Waals surface area contributed by atoms with E-state index in [1.165, 1.54) is 0 Å². The minimum Gasteiger partial charge on any atom is -0.457 e. The van der Waals surface area contributed by atoms with E-state index in [1.54, 1.807) is 30.7 Å². The summed E-state index contributed by atoms with van der Waals surface area (Å²) in [5, 5.41) is 6.20. The minimum absolute atomic E-state index is 0.412. The zero-order chi connectivity index (χ0) is 18.3. The van der Waals surface area contributed by atoms with Gasteiger partial charge in [-0.25, -0.2) is 15.0 Å². The van der Waals surface area contributed by atoms with Crippen LogP contribution in [0.2, 0.25) is 0 Å². The molecule has 0 spiro atoms. The highest BCUT2D eigenvalue weighted by molar-refractivity contribution is 5.58. The Balaban J connectivity index is 1.42. The summed E-state index contributed by atoms with van der Waals surface area (Å²) in [6.07, 6.45) is 4.96. The number of hydrogen-bond acceptors (Lipinski definition) is 7. The largest absolute Gasteiger partial charge is 0.457 e. The van der Waals surface area contributed by atoms with Gasteiger partial charge in [-0.05, 0) is 48.5 Å². The molecule has 132 valence electrons. The molecular weight excluding hydrogens is 340 g/mol. The van der Waals surface area contributed by atoms with Crippen molar-refractivity contribution in [1.29, 1.82) is 0 Å². The second-order valence-corrected chi connectivity index (χ2v) is 5.53. The molecule has 0 radical (unpaired) electrons. The van der Waals surface area contributed by atoms with Crippen molar-refractivity contribution in [2.75, 3.05) is 10.6 Å². The Morgan fingerprint density at radius 1 is 0.593 bits per heavy atom. The van der Waals surface area contributed by atoms with Crippen molar-refractivity contribution < 1.29 is 4.74 Å². The van der Waals surface area contributed by atoms with Crippen LogP contribution in [0.1, 0.15) is 0 Å². The van der Waals surface area contributed by atoms with Gasteiger partial charge in [0.2, 0.25) is 11.9 Å². The maximum atomic E-state index is 5.79. The Labute approximate surface area is 156 Å². The van der Waals surface area contributed by atoms with Crippen LogP contribution in [0.4, 0.5) is 23.4 Å². The van der Waals surface area contributed by atoms with E-state index in [9.17, 15) is 0 Å². The Morgan fingerprint density at radius 2 is 1.30 bits per heavy atom. The third kappa shape index (κ3) is 4.55. The van der Waals surface area contributed by atoms with Gasteiger partial charge in [0, 0.05) is 24.3 Å². The molecule has 0 saturated carbocycles. The van der Waals surface area contributed by atoms with Crippen LogP contribution in [0.5, 0.6) is 11.5 Å². The fourth-order valence-electron chi connectivity index (χ4n) is 2.33. The van der Waals surface area contributed by atoms with Crippen molar-refractivity contribution in [3.63, 3.8) is 0 Å². The standard InChI is InChI=1S/C20H16N6O/c1-2-5-16(6-3-1)27-17-9-7-15(8-10-17)24-18-11-14-23-20(25-18)26-19-21-12-4-13-22-19/h1-14H,(H2,21,22,23,24,25,26). The van der Waals surface area contributed by atoms with Crippen molar-refractivity contribution in [3.05, 3.63) is 85.3 Å². The van der Waals surface area contributed by atoms with Crippen LogP contribution in [-0.2, 0) is 0 Å². The number of anilines is 4. The molecule has 2 aromatic carbocycles. The summed E-state index contributed by atoms with van der Waals surface area (Å²) in [6.45, 7) is 0. The predicted octanol–water partition coefficient (Wildman–Crippen LogP) is 4.55. The van der Waals surface area contributed by atoms with Crippen LogP contribution in [-0.4, -0.2) is 19.9 Å². The van der Waals surface area contributed by atoms with Crippen molar-refractivity contribution >= 4 is 23.4 Å². The molecule has 7 heteroatoms. The summed E-state index contributed by atoms with van der Waals surface area (Å²) < 4.78 is 5.79. The summed E-state index contributed by atoms with van der Waals surface area (Å²) in [4.78, 5) is 16.8. The fraction of sp³-hybridized carbons (Fsp3) is 0. The molecule has 7 nitrogen and oxygen atoms in total. The summed E-state index contributed by atoms with van der Waals surface area (Å²) in [6, 6.07) is 20.8.